The van der Waals surface area contributed by atoms with Gasteiger partial charge in [0.15, 0.2) is 0 Å². The van der Waals surface area contributed by atoms with Gasteiger partial charge >= 0.3 is 0 Å². The highest BCUT2D eigenvalue weighted by Gasteiger charge is 2.62. The molecule has 0 unspecified atom stereocenters. The van der Waals surface area contributed by atoms with Crippen LogP contribution in [0.3, 0.4) is 0 Å². The van der Waals surface area contributed by atoms with Gasteiger partial charge in [-0.3, -0.25) is 0 Å². The Morgan fingerprint density at radius 1 is 1.24 bits per heavy atom. The van der Waals surface area contributed by atoms with Crippen LogP contribution in [0.2, 0.25) is 0 Å². The van der Waals surface area contributed by atoms with Crippen molar-refractivity contribution in [3.8, 4) is 0 Å². The lowest BCUT2D eigenvalue weighted by molar-refractivity contribution is -0.0664. The van der Waals surface area contributed by atoms with Crippen molar-refractivity contribution in [3.63, 3.8) is 0 Å². The molecule has 2 bridgehead atoms. The molecule has 0 radical (unpaired) electrons. The summed E-state index contributed by atoms with van der Waals surface area (Å²) in [5.74, 6) is 0.859. The maximum atomic E-state index is 5.90. The Kier molecular flexibility index (Phi) is 2.34. The molecule has 3 aliphatic rings. The zero-order chi connectivity index (χ0) is 12.3. The lowest BCUT2D eigenvalue weighted by Crippen LogP contribution is -2.47. The Labute approximate surface area is 106 Å². The smallest absolute Gasteiger partial charge is 0.0638 e. The SMILES string of the molecule is CO[C@H]1CC(C)(C)[C@@H]2CC[C@@]3(C)C=CC[C@@]12C3. The summed E-state index contributed by atoms with van der Waals surface area (Å²) in [5.41, 5.74) is 1.36. The van der Waals surface area contributed by atoms with Crippen LogP contribution >= 0.6 is 0 Å². The fourth-order valence-corrected chi connectivity index (χ4v) is 5.42. The van der Waals surface area contributed by atoms with Gasteiger partial charge in [0.1, 0.15) is 0 Å². The van der Waals surface area contributed by atoms with Crippen molar-refractivity contribution >= 4 is 0 Å². The van der Waals surface area contributed by atoms with Gasteiger partial charge in [0.05, 0.1) is 6.10 Å². The van der Waals surface area contributed by atoms with Gasteiger partial charge in [-0.15, -0.1) is 0 Å². The van der Waals surface area contributed by atoms with Gasteiger partial charge in [0.2, 0.25) is 0 Å². The van der Waals surface area contributed by atoms with E-state index in [9.17, 15) is 0 Å². The largest absolute Gasteiger partial charge is 0.381 e. The van der Waals surface area contributed by atoms with Crippen molar-refractivity contribution in [3.05, 3.63) is 12.2 Å². The average molecular weight is 234 g/mol. The van der Waals surface area contributed by atoms with E-state index in [1.54, 1.807) is 0 Å². The zero-order valence-corrected chi connectivity index (χ0v) is 11.8. The first-order valence-corrected chi connectivity index (χ1v) is 7.12. The highest BCUT2D eigenvalue weighted by atomic mass is 16.5. The topological polar surface area (TPSA) is 9.23 Å². The highest BCUT2D eigenvalue weighted by molar-refractivity contribution is 5.20. The monoisotopic (exact) mass is 234 g/mol. The molecule has 2 fully saturated rings. The summed E-state index contributed by atoms with van der Waals surface area (Å²) < 4.78 is 5.90. The van der Waals surface area contributed by atoms with E-state index in [4.69, 9.17) is 4.74 Å². The first kappa shape index (κ1) is 11.8. The van der Waals surface area contributed by atoms with Gasteiger partial charge in [-0.1, -0.05) is 32.9 Å². The Hall–Kier alpha value is -0.300. The Bertz CT molecular complexity index is 357. The van der Waals surface area contributed by atoms with Crippen LogP contribution in [0.5, 0.6) is 0 Å². The van der Waals surface area contributed by atoms with E-state index in [1.807, 2.05) is 7.11 Å². The fraction of sp³-hybridized carbons (Fsp3) is 0.875. The Balaban J connectivity index is 2.05. The molecule has 4 atom stereocenters. The van der Waals surface area contributed by atoms with Crippen molar-refractivity contribution in [1.29, 1.82) is 0 Å². The molecule has 0 N–H and O–H groups in total. The molecule has 3 aliphatic carbocycles. The van der Waals surface area contributed by atoms with E-state index in [2.05, 4.69) is 32.9 Å². The van der Waals surface area contributed by atoms with Crippen molar-refractivity contribution in [1.82, 2.24) is 0 Å². The number of hydrogen-bond acceptors (Lipinski definition) is 1. The van der Waals surface area contributed by atoms with Gasteiger partial charge in [0, 0.05) is 12.5 Å². The molecule has 2 saturated carbocycles. The van der Waals surface area contributed by atoms with Crippen molar-refractivity contribution < 1.29 is 4.74 Å². The molecule has 1 spiro atoms. The number of fused-ring (bicyclic) bond motifs is 1. The molecule has 0 aromatic rings. The fourth-order valence-electron chi connectivity index (χ4n) is 5.42. The third-order valence-corrected chi connectivity index (χ3v) is 6.03. The highest BCUT2D eigenvalue weighted by Crippen LogP contribution is 2.67. The minimum atomic E-state index is 0.444. The number of ether oxygens (including phenoxy) is 1. The Morgan fingerprint density at radius 2 is 2.00 bits per heavy atom. The molecule has 1 heteroatoms. The predicted molar refractivity (Wildman–Crippen MR) is 70.8 cm³/mol. The minimum absolute atomic E-state index is 0.444. The van der Waals surface area contributed by atoms with Crippen LogP contribution in [-0.4, -0.2) is 13.2 Å². The van der Waals surface area contributed by atoms with Gasteiger partial charge in [-0.2, -0.15) is 0 Å². The summed E-state index contributed by atoms with van der Waals surface area (Å²) in [4.78, 5) is 0. The molecule has 96 valence electrons. The van der Waals surface area contributed by atoms with Crippen LogP contribution in [0, 0.1) is 22.2 Å². The summed E-state index contributed by atoms with van der Waals surface area (Å²) >= 11 is 0. The maximum Gasteiger partial charge on any atom is 0.0638 e. The summed E-state index contributed by atoms with van der Waals surface area (Å²) in [5, 5.41) is 0. The van der Waals surface area contributed by atoms with Gasteiger partial charge in [-0.25, -0.2) is 0 Å². The molecule has 0 amide bonds. The van der Waals surface area contributed by atoms with E-state index in [0.717, 1.165) is 5.92 Å². The van der Waals surface area contributed by atoms with E-state index in [-0.39, 0.29) is 0 Å². The molecule has 3 rings (SSSR count). The molecular weight excluding hydrogens is 208 g/mol. The Morgan fingerprint density at radius 3 is 2.71 bits per heavy atom. The second-order valence-electron chi connectivity index (χ2n) is 7.68. The molecule has 0 aromatic heterocycles. The molecule has 0 heterocycles. The summed E-state index contributed by atoms with van der Waals surface area (Å²) in [6, 6.07) is 0. The molecule has 0 aliphatic heterocycles. The first-order valence-electron chi connectivity index (χ1n) is 7.12. The van der Waals surface area contributed by atoms with Crippen LogP contribution in [0.1, 0.15) is 52.9 Å². The number of methoxy groups -OCH3 is 1. The average Bonchev–Trinajstić information content (AvgIpc) is 2.44. The van der Waals surface area contributed by atoms with Crippen LogP contribution in [-0.2, 0) is 4.74 Å². The standard InChI is InChI=1S/C16H26O/c1-14(2)10-13(17-4)16-8-5-7-15(3,11-16)9-6-12(14)16/h5,7,12-13H,6,8-11H2,1-4H3/t12-,13-,15+,16-/m0/s1. The molecule has 0 saturated heterocycles. The summed E-state index contributed by atoms with van der Waals surface area (Å²) in [7, 11) is 1.92. The molecule has 0 aromatic carbocycles. The van der Waals surface area contributed by atoms with E-state index in [1.165, 1.54) is 32.1 Å². The third kappa shape index (κ3) is 1.47. The molecule has 17 heavy (non-hydrogen) atoms. The van der Waals surface area contributed by atoms with Crippen LogP contribution < -0.4 is 0 Å². The molecule has 1 nitrogen and oxygen atoms in total. The van der Waals surface area contributed by atoms with E-state index >= 15 is 0 Å². The molecular formula is C16H26O. The predicted octanol–water partition coefficient (Wildman–Crippen LogP) is 4.18. The first-order chi connectivity index (χ1) is 7.92. The van der Waals surface area contributed by atoms with Crippen LogP contribution in [0.4, 0.5) is 0 Å². The zero-order valence-electron chi connectivity index (χ0n) is 11.8. The van der Waals surface area contributed by atoms with Crippen LogP contribution in [0.25, 0.3) is 0 Å². The van der Waals surface area contributed by atoms with Crippen LogP contribution in [0.15, 0.2) is 12.2 Å². The minimum Gasteiger partial charge on any atom is -0.381 e. The summed E-state index contributed by atoms with van der Waals surface area (Å²) in [6.07, 6.45) is 12.0. The number of allylic oxidation sites excluding steroid dienone is 2. The second kappa shape index (κ2) is 3.38. The van der Waals surface area contributed by atoms with Gasteiger partial charge in [0.25, 0.3) is 0 Å². The van der Waals surface area contributed by atoms with Crippen molar-refractivity contribution in [2.24, 2.45) is 22.2 Å². The lowest BCUT2D eigenvalue weighted by atomic mass is 9.52. The van der Waals surface area contributed by atoms with Gasteiger partial charge in [-0.05, 0) is 48.9 Å². The maximum absolute atomic E-state index is 5.90. The van der Waals surface area contributed by atoms with E-state index in [0.29, 0.717) is 22.3 Å². The van der Waals surface area contributed by atoms with Crippen molar-refractivity contribution in [2.75, 3.05) is 7.11 Å². The summed E-state index contributed by atoms with van der Waals surface area (Å²) in [6.45, 7) is 7.36. The quantitative estimate of drug-likeness (QED) is 0.618. The van der Waals surface area contributed by atoms with E-state index < -0.39 is 0 Å². The normalized spacial score (nSPS) is 51.3. The van der Waals surface area contributed by atoms with Gasteiger partial charge < -0.3 is 4.74 Å². The third-order valence-electron chi connectivity index (χ3n) is 6.03. The number of rotatable bonds is 1. The number of hydrogen-bond donors (Lipinski definition) is 0. The van der Waals surface area contributed by atoms with Crippen molar-refractivity contribution in [2.45, 2.75) is 59.0 Å². The second-order valence-corrected chi connectivity index (χ2v) is 7.68. The lowest BCUT2D eigenvalue weighted by Gasteiger charge is -2.53.